The third kappa shape index (κ3) is 1.73. The second-order valence-corrected chi connectivity index (χ2v) is 3.73. The molecule has 6 nitrogen and oxygen atoms in total. The average Bonchev–Trinajstić information content (AvgIpc) is 2.69. The van der Waals surface area contributed by atoms with E-state index in [-0.39, 0.29) is 11.7 Å². The molecule has 1 saturated heterocycles. The smallest absolute Gasteiger partial charge is 0.295 e. The second-order valence-electron chi connectivity index (χ2n) is 3.73. The number of hydrogen-bond donors (Lipinski definition) is 1. The van der Waals surface area contributed by atoms with E-state index >= 15 is 0 Å². The van der Waals surface area contributed by atoms with Crippen molar-refractivity contribution < 1.29 is 4.79 Å². The Morgan fingerprint density at radius 3 is 3.14 bits per heavy atom. The second kappa shape index (κ2) is 3.73. The fraction of sp³-hybridized carbons (Fsp3) is 0.750. The Morgan fingerprint density at radius 1 is 1.64 bits per heavy atom. The minimum atomic E-state index is -0.120. The largest absolute Gasteiger partial charge is 0.336 e. The van der Waals surface area contributed by atoms with Crippen molar-refractivity contribution in [3.63, 3.8) is 0 Å². The highest BCUT2D eigenvalue weighted by Crippen LogP contribution is 2.16. The molecule has 0 spiro atoms. The van der Waals surface area contributed by atoms with Crippen LogP contribution in [-0.4, -0.2) is 44.5 Å². The van der Waals surface area contributed by atoms with E-state index in [2.05, 4.69) is 27.5 Å². The molecule has 1 N–H and O–H groups in total. The van der Waals surface area contributed by atoms with Crippen molar-refractivity contribution in [2.75, 3.05) is 13.1 Å². The van der Waals surface area contributed by atoms with Gasteiger partial charge in [-0.15, -0.1) is 10.2 Å². The van der Waals surface area contributed by atoms with Crippen LogP contribution >= 0.6 is 0 Å². The van der Waals surface area contributed by atoms with Crippen LogP contribution in [0.2, 0.25) is 0 Å². The maximum absolute atomic E-state index is 11.7. The third-order valence-electron chi connectivity index (χ3n) is 2.48. The molecule has 1 aromatic rings. The van der Waals surface area contributed by atoms with Gasteiger partial charge >= 0.3 is 0 Å². The molecule has 1 aliphatic rings. The lowest BCUT2D eigenvalue weighted by Crippen LogP contribution is -2.39. The highest BCUT2D eigenvalue weighted by molar-refractivity contribution is 5.90. The summed E-state index contributed by atoms with van der Waals surface area (Å²) >= 11 is 0. The number of tetrazole rings is 1. The summed E-state index contributed by atoms with van der Waals surface area (Å²) in [5.41, 5.74) is 0. The summed E-state index contributed by atoms with van der Waals surface area (Å²) in [4.78, 5) is 13.5. The normalized spacial score (nSPS) is 22.4. The van der Waals surface area contributed by atoms with Gasteiger partial charge in [-0.05, 0) is 24.0 Å². The molecular weight excluding hydrogens is 182 g/mol. The number of hydrogen-bond acceptors (Lipinski definition) is 4. The monoisotopic (exact) mass is 195 g/mol. The highest BCUT2D eigenvalue weighted by atomic mass is 16.2. The molecule has 0 saturated carbocycles. The van der Waals surface area contributed by atoms with Crippen LogP contribution in [0.25, 0.3) is 0 Å². The summed E-state index contributed by atoms with van der Waals surface area (Å²) in [7, 11) is 0. The molecule has 0 aromatic carbocycles. The Balaban J connectivity index is 2.04. The van der Waals surface area contributed by atoms with E-state index in [1.165, 1.54) is 6.42 Å². The first-order chi connectivity index (χ1) is 6.77. The molecular formula is C8H13N5O. The maximum atomic E-state index is 11.7. The van der Waals surface area contributed by atoms with Gasteiger partial charge in [0.25, 0.3) is 11.7 Å². The van der Waals surface area contributed by atoms with E-state index in [4.69, 9.17) is 0 Å². The van der Waals surface area contributed by atoms with Gasteiger partial charge in [-0.2, -0.15) is 5.21 Å². The molecule has 0 aliphatic carbocycles. The van der Waals surface area contributed by atoms with Gasteiger partial charge < -0.3 is 4.90 Å². The average molecular weight is 195 g/mol. The Hall–Kier alpha value is -1.46. The number of rotatable bonds is 1. The molecule has 14 heavy (non-hydrogen) atoms. The molecule has 6 heteroatoms. The zero-order valence-corrected chi connectivity index (χ0v) is 8.10. The number of piperidine rings is 1. The summed E-state index contributed by atoms with van der Waals surface area (Å²) in [5, 5.41) is 13.0. The zero-order valence-electron chi connectivity index (χ0n) is 8.10. The number of amides is 1. The zero-order chi connectivity index (χ0) is 9.97. The van der Waals surface area contributed by atoms with Gasteiger partial charge in [0.1, 0.15) is 0 Å². The molecule has 76 valence electrons. The number of aromatic nitrogens is 4. The van der Waals surface area contributed by atoms with E-state index in [9.17, 15) is 4.79 Å². The molecule has 0 radical (unpaired) electrons. The van der Waals surface area contributed by atoms with Gasteiger partial charge in [0.15, 0.2) is 0 Å². The molecule has 0 bridgehead atoms. The summed E-state index contributed by atoms with van der Waals surface area (Å²) in [6.45, 7) is 3.75. The first-order valence-corrected chi connectivity index (χ1v) is 4.80. The predicted octanol–water partition coefficient (Wildman–Crippen LogP) is 0.0718. The Labute approximate surface area is 81.7 Å². The SMILES string of the molecule is CC1CCCN(C(=O)c2nn[nH]n2)C1. The van der Waals surface area contributed by atoms with Crippen molar-refractivity contribution >= 4 is 5.91 Å². The standard InChI is InChI=1S/C8H13N5O/c1-6-3-2-4-13(5-6)8(14)7-9-11-12-10-7/h6H,2-5H2,1H3,(H,9,10,11,12). The quantitative estimate of drug-likeness (QED) is 0.688. The fourth-order valence-corrected chi connectivity index (χ4v) is 1.77. The number of nitrogens with zero attached hydrogens (tertiary/aromatic N) is 4. The van der Waals surface area contributed by atoms with E-state index in [0.29, 0.717) is 5.92 Å². The van der Waals surface area contributed by atoms with Crippen molar-refractivity contribution in [1.82, 2.24) is 25.5 Å². The van der Waals surface area contributed by atoms with Crippen LogP contribution in [0.5, 0.6) is 0 Å². The van der Waals surface area contributed by atoms with E-state index in [0.717, 1.165) is 19.5 Å². The van der Waals surface area contributed by atoms with Gasteiger partial charge in [-0.3, -0.25) is 4.79 Å². The van der Waals surface area contributed by atoms with E-state index in [1.54, 1.807) is 4.90 Å². The van der Waals surface area contributed by atoms with Crippen LogP contribution in [0.1, 0.15) is 30.4 Å². The summed E-state index contributed by atoms with van der Waals surface area (Å²) in [6.07, 6.45) is 2.25. The first-order valence-electron chi connectivity index (χ1n) is 4.80. The Bertz CT molecular complexity index is 310. The van der Waals surface area contributed by atoms with Gasteiger partial charge in [0.2, 0.25) is 0 Å². The van der Waals surface area contributed by atoms with Gasteiger partial charge in [-0.25, -0.2) is 0 Å². The van der Waals surface area contributed by atoms with Crippen molar-refractivity contribution in [1.29, 1.82) is 0 Å². The molecule has 1 fully saturated rings. The van der Waals surface area contributed by atoms with Crippen LogP contribution < -0.4 is 0 Å². The topological polar surface area (TPSA) is 74.8 Å². The number of carbonyl (C=O) groups excluding carboxylic acids is 1. The van der Waals surface area contributed by atoms with Gasteiger partial charge in [0, 0.05) is 13.1 Å². The number of likely N-dealkylation sites (tertiary alicyclic amines) is 1. The number of H-pyrrole nitrogens is 1. The Kier molecular flexibility index (Phi) is 2.43. The molecule has 1 unspecified atom stereocenters. The minimum absolute atomic E-state index is 0.120. The van der Waals surface area contributed by atoms with Crippen LogP contribution in [0.3, 0.4) is 0 Å². The molecule has 1 atom stereocenters. The van der Waals surface area contributed by atoms with Crippen LogP contribution in [0.4, 0.5) is 0 Å². The van der Waals surface area contributed by atoms with Crippen LogP contribution in [0, 0.1) is 5.92 Å². The fourth-order valence-electron chi connectivity index (χ4n) is 1.77. The molecule has 1 aliphatic heterocycles. The third-order valence-corrected chi connectivity index (χ3v) is 2.48. The van der Waals surface area contributed by atoms with Crippen molar-refractivity contribution in [3.8, 4) is 0 Å². The maximum Gasteiger partial charge on any atom is 0.295 e. The molecule has 2 heterocycles. The van der Waals surface area contributed by atoms with Gasteiger partial charge in [0.05, 0.1) is 0 Å². The van der Waals surface area contributed by atoms with Crippen LogP contribution in [0.15, 0.2) is 0 Å². The summed E-state index contributed by atoms with van der Waals surface area (Å²) < 4.78 is 0. The number of nitrogens with one attached hydrogen (secondary N) is 1. The van der Waals surface area contributed by atoms with Crippen LogP contribution in [-0.2, 0) is 0 Å². The lowest BCUT2D eigenvalue weighted by molar-refractivity contribution is 0.0670. The Morgan fingerprint density at radius 2 is 2.50 bits per heavy atom. The van der Waals surface area contributed by atoms with Gasteiger partial charge in [-0.1, -0.05) is 6.92 Å². The lowest BCUT2D eigenvalue weighted by atomic mass is 10.0. The molecule has 2 rings (SSSR count). The van der Waals surface area contributed by atoms with E-state index < -0.39 is 0 Å². The number of aromatic amines is 1. The van der Waals surface area contributed by atoms with Crippen molar-refractivity contribution in [2.45, 2.75) is 19.8 Å². The number of carbonyl (C=O) groups is 1. The van der Waals surface area contributed by atoms with Crippen molar-refractivity contribution in [2.24, 2.45) is 5.92 Å². The molecule has 1 aromatic heterocycles. The highest BCUT2D eigenvalue weighted by Gasteiger charge is 2.24. The summed E-state index contributed by atoms with van der Waals surface area (Å²) in [5.74, 6) is 0.615. The lowest BCUT2D eigenvalue weighted by Gasteiger charge is -2.29. The summed E-state index contributed by atoms with van der Waals surface area (Å²) in [6, 6.07) is 0. The first kappa shape index (κ1) is 9.11. The molecule has 1 amide bonds. The predicted molar refractivity (Wildman–Crippen MR) is 48.5 cm³/mol. The van der Waals surface area contributed by atoms with E-state index in [1.807, 2.05) is 0 Å². The van der Waals surface area contributed by atoms with Crippen molar-refractivity contribution in [3.05, 3.63) is 5.82 Å². The minimum Gasteiger partial charge on any atom is -0.336 e.